The SMILES string of the molecule is CC(C)(C)c1ccc2c(c1)C(C[C@H]1CN(C(=O)C3CCC3)CC[C@H]1CC(=O)O)=NCC2. The van der Waals surface area contributed by atoms with Gasteiger partial charge in [0.05, 0.1) is 0 Å². The zero-order valence-electron chi connectivity index (χ0n) is 19.2. The second-order valence-electron chi connectivity index (χ2n) is 10.7. The van der Waals surface area contributed by atoms with Crippen LogP contribution in [0.15, 0.2) is 23.2 Å². The molecule has 3 aliphatic rings. The Morgan fingerprint density at radius 1 is 1.16 bits per heavy atom. The summed E-state index contributed by atoms with van der Waals surface area (Å²) in [5.74, 6) is -0.0155. The summed E-state index contributed by atoms with van der Waals surface area (Å²) < 4.78 is 0. The van der Waals surface area contributed by atoms with Crippen LogP contribution in [0, 0.1) is 17.8 Å². The van der Waals surface area contributed by atoms with Crippen molar-refractivity contribution in [2.75, 3.05) is 19.6 Å². The van der Waals surface area contributed by atoms with Crippen molar-refractivity contribution in [3.8, 4) is 0 Å². The molecule has 1 aliphatic carbocycles. The molecule has 2 aliphatic heterocycles. The molecule has 168 valence electrons. The number of carbonyl (C=O) groups excluding carboxylic acids is 1. The summed E-state index contributed by atoms with van der Waals surface area (Å²) in [5.41, 5.74) is 5.04. The zero-order chi connectivity index (χ0) is 22.2. The third kappa shape index (κ3) is 4.86. The lowest BCUT2D eigenvalue weighted by atomic mass is 9.76. The molecule has 0 radical (unpaired) electrons. The maximum atomic E-state index is 12.9. The van der Waals surface area contributed by atoms with E-state index in [-0.39, 0.29) is 35.5 Å². The molecule has 5 heteroatoms. The second kappa shape index (κ2) is 8.76. The largest absolute Gasteiger partial charge is 0.481 e. The highest BCUT2D eigenvalue weighted by Crippen LogP contribution is 2.36. The minimum atomic E-state index is -0.741. The Morgan fingerprint density at radius 3 is 2.58 bits per heavy atom. The third-order valence-corrected chi connectivity index (χ3v) is 7.52. The summed E-state index contributed by atoms with van der Waals surface area (Å²) in [7, 11) is 0. The van der Waals surface area contributed by atoms with Crippen molar-refractivity contribution in [1.82, 2.24) is 4.90 Å². The van der Waals surface area contributed by atoms with E-state index >= 15 is 0 Å². The van der Waals surface area contributed by atoms with Gasteiger partial charge in [-0.1, -0.05) is 39.3 Å². The summed E-state index contributed by atoms with van der Waals surface area (Å²) >= 11 is 0. The minimum Gasteiger partial charge on any atom is -0.481 e. The number of benzene rings is 1. The smallest absolute Gasteiger partial charge is 0.303 e. The van der Waals surface area contributed by atoms with Crippen LogP contribution in [0.3, 0.4) is 0 Å². The lowest BCUT2D eigenvalue weighted by molar-refractivity contribution is -0.142. The van der Waals surface area contributed by atoms with Gasteiger partial charge in [-0.2, -0.15) is 0 Å². The van der Waals surface area contributed by atoms with Crippen LogP contribution in [-0.2, 0) is 21.4 Å². The van der Waals surface area contributed by atoms with Gasteiger partial charge in [0.15, 0.2) is 0 Å². The van der Waals surface area contributed by atoms with E-state index in [9.17, 15) is 14.7 Å². The van der Waals surface area contributed by atoms with E-state index in [1.54, 1.807) is 0 Å². The summed E-state index contributed by atoms with van der Waals surface area (Å²) in [5, 5.41) is 9.47. The Morgan fingerprint density at radius 2 is 1.94 bits per heavy atom. The van der Waals surface area contributed by atoms with Crippen molar-refractivity contribution in [2.45, 2.75) is 71.1 Å². The van der Waals surface area contributed by atoms with Crippen LogP contribution in [0.1, 0.15) is 76.0 Å². The predicted molar refractivity (Wildman–Crippen MR) is 123 cm³/mol. The molecule has 1 N–H and O–H groups in total. The van der Waals surface area contributed by atoms with E-state index in [0.717, 1.165) is 50.8 Å². The van der Waals surface area contributed by atoms with E-state index in [4.69, 9.17) is 4.99 Å². The molecule has 1 aromatic carbocycles. The van der Waals surface area contributed by atoms with Gasteiger partial charge in [0.1, 0.15) is 0 Å². The highest BCUT2D eigenvalue weighted by Gasteiger charge is 2.37. The molecule has 2 heterocycles. The number of aliphatic imine (C=N–C) groups is 1. The zero-order valence-corrected chi connectivity index (χ0v) is 19.2. The fourth-order valence-corrected chi connectivity index (χ4v) is 5.27. The fourth-order valence-electron chi connectivity index (χ4n) is 5.27. The van der Waals surface area contributed by atoms with Crippen LogP contribution >= 0.6 is 0 Å². The van der Waals surface area contributed by atoms with Crippen molar-refractivity contribution in [3.63, 3.8) is 0 Å². The molecule has 0 spiro atoms. The van der Waals surface area contributed by atoms with Gasteiger partial charge in [0, 0.05) is 37.7 Å². The first-order valence-corrected chi connectivity index (χ1v) is 11.9. The third-order valence-electron chi connectivity index (χ3n) is 7.52. The number of carboxylic acid groups (broad SMARTS) is 1. The summed E-state index contributed by atoms with van der Waals surface area (Å²) in [6, 6.07) is 6.76. The molecule has 31 heavy (non-hydrogen) atoms. The van der Waals surface area contributed by atoms with Crippen molar-refractivity contribution < 1.29 is 14.7 Å². The lowest BCUT2D eigenvalue weighted by Gasteiger charge is -2.41. The molecule has 1 saturated carbocycles. The number of carbonyl (C=O) groups is 2. The summed E-state index contributed by atoms with van der Waals surface area (Å²) in [4.78, 5) is 31.3. The van der Waals surface area contributed by atoms with Gasteiger partial charge < -0.3 is 10.0 Å². The number of rotatable bonds is 5. The average Bonchev–Trinajstić information content (AvgIpc) is 2.66. The minimum absolute atomic E-state index is 0.0697. The molecule has 1 amide bonds. The van der Waals surface area contributed by atoms with Crippen LogP contribution in [0.4, 0.5) is 0 Å². The summed E-state index contributed by atoms with van der Waals surface area (Å²) in [6.07, 6.45) is 5.84. The van der Waals surface area contributed by atoms with Crippen LogP contribution in [-0.4, -0.2) is 47.2 Å². The monoisotopic (exact) mass is 424 g/mol. The molecule has 4 rings (SSSR count). The molecular formula is C26H36N2O3. The Kier molecular flexibility index (Phi) is 6.23. The van der Waals surface area contributed by atoms with E-state index in [1.165, 1.54) is 16.7 Å². The number of hydrogen-bond donors (Lipinski definition) is 1. The average molecular weight is 425 g/mol. The second-order valence-corrected chi connectivity index (χ2v) is 10.7. The summed E-state index contributed by atoms with van der Waals surface area (Å²) in [6.45, 7) is 8.83. The van der Waals surface area contributed by atoms with Gasteiger partial charge in [-0.3, -0.25) is 14.6 Å². The van der Waals surface area contributed by atoms with Gasteiger partial charge in [0.25, 0.3) is 0 Å². The van der Waals surface area contributed by atoms with E-state index < -0.39 is 5.97 Å². The van der Waals surface area contributed by atoms with Gasteiger partial charge in [-0.05, 0) is 72.1 Å². The molecular weight excluding hydrogens is 388 g/mol. The van der Waals surface area contributed by atoms with Gasteiger partial charge in [-0.25, -0.2) is 0 Å². The lowest BCUT2D eigenvalue weighted by Crippen LogP contribution is -2.48. The normalized spacial score (nSPS) is 24.2. The first-order chi connectivity index (χ1) is 14.7. The molecule has 1 saturated heterocycles. The van der Waals surface area contributed by atoms with Crippen molar-refractivity contribution in [3.05, 3.63) is 34.9 Å². The highest BCUT2D eigenvalue weighted by molar-refractivity contribution is 6.03. The fraction of sp³-hybridized carbons (Fsp3) is 0.654. The maximum absolute atomic E-state index is 12.9. The van der Waals surface area contributed by atoms with Gasteiger partial charge in [-0.15, -0.1) is 0 Å². The van der Waals surface area contributed by atoms with Crippen LogP contribution in [0.2, 0.25) is 0 Å². The number of hydrogen-bond acceptors (Lipinski definition) is 3. The van der Waals surface area contributed by atoms with E-state index in [1.807, 2.05) is 4.90 Å². The quantitative estimate of drug-likeness (QED) is 0.759. The molecule has 0 aromatic heterocycles. The van der Waals surface area contributed by atoms with Crippen molar-refractivity contribution in [1.29, 1.82) is 0 Å². The molecule has 1 aromatic rings. The first kappa shape index (κ1) is 22.0. The molecule has 2 atom stereocenters. The molecule has 2 fully saturated rings. The molecule has 0 unspecified atom stereocenters. The van der Waals surface area contributed by atoms with E-state index in [2.05, 4.69) is 39.0 Å². The number of carboxylic acids is 1. The number of amides is 1. The first-order valence-electron chi connectivity index (χ1n) is 11.9. The standard InChI is InChI=1S/C26H36N2O3/c1-26(2,3)21-8-7-17-9-11-27-23(22(17)15-21)13-20-16-28(25(31)18-5-4-6-18)12-10-19(20)14-24(29)30/h7-8,15,18-20H,4-6,9-14,16H2,1-3H3,(H,29,30)/t19-,20-/m0/s1. The molecule has 0 bridgehead atoms. The topological polar surface area (TPSA) is 70.0 Å². The Bertz CT molecular complexity index is 879. The predicted octanol–water partition coefficient (Wildman–Crippen LogP) is 4.46. The van der Waals surface area contributed by atoms with Crippen LogP contribution in [0.25, 0.3) is 0 Å². The highest BCUT2D eigenvalue weighted by atomic mass is 16.4. The Hall–Kier alpha value is -2.17. The Balaban J connectivity index is 1.56. The van der Waals surface area contributed by atoms with Crippen LogP contribution in [0.5, 0.6) is 0 Å². The maximum Gasteiger partial charge on any atom is 0.303 e. The van der Waals surface area contributed by atoms with Crippen molar-refractivity contribution in [2.24, 2.45) is 22.7 Å². The van der Waals surface area contributed by atoms with Gasteiger partial charge >= 0.3 is 5.97 Å². The molecule has 5 nitrogen and oxygen atoms in total. The number of nitrogens with zero attached hydrogens (tertiary/aromatic N) is 2. The van der Waals surface area contributed by atoms with Gasteiger partial charge in [0.2, 0.25) is 5.91 Å². The van der Waals surface area contributed by atoms with Crippen molar-refractivity contribution >= 4 is 17.6 Å². The number of fused-ring (bicyclic) bond motifs is 1. The number of piperidine rings is 1. The van der Waals surface area contributed by atoms with Crippen LogP contribution < -0.4 is 0 Å². The Labute approximate surface area is 185 Å². The number of aliphatic carboxylic acids is 1. The number of likely N-dealkylation sites (tertiary alicyclic amines) is 1. The van der Waals surface area contributed by atoms with E-state index in [0.29, 0.717) is 13.1 Å².